The van der Waals surface area contributed by atoms with Gasteiger partial charge in [0.15, 0.2) is 0 Å². The van der Waals surface area contributed by atoms with E-state index in [9.17, 15) is 4.79 Å². The summed E-state index contributed by atoms with van der Waals surface area (Å²) in [6.07, 6.45) is 2.03. The molecule has 82 valence electrons. The van der Waals surface area contributed by atoms with E-state index in [0.29, 0.717) is 5.78 Å². The van der Waals surface area contributed by atoms with E-state index in [4.69, 9.17) is 0 Å². The molecule has 0 aromatic heterocycles. The van der Waals surface area contributed by atoms with Gasteiger partial charge in [0.2, 0.25) is 0 Å². The molecule has 0 amide bonds. The van der Waals surface area contributed by atoms with Crippen LogP contribution in [0, 0.1) is 5.41 Å². The fourth-order valence-electron chi connectivity index (χ4n) is 2.02. The van der Waals surface area contributed by atoms with Crippen LogP contribution in [0.2, 0.25) is 0 Å². The minimum Gasteiger partial charge on any atom is -0.299 e. The van der Waals surface area contributed by atoms with Crippen molar-refractivity contribution in [1.29, 1.82) is 0 Å². The second kappa shape index (κ2) is 3.65. The highest BCUT2D eigenvalue weighted by atomic mass is 16.1. The zero-order valence-corrected chi connectivity index (χ0v) is 10.2. The Kier molecular flexibility index (Phi) is 3.05. The molecule has 0 aromatic rings. The maximum atomic E-state index is 11.5. The van der Waals surface area contributed by atoms with Crippen molar-refractivity contribution in [2.45, 2.75) is 53.0 Å². The smallest absolute Gasteiger partial charge is 0.135 e. The number of hydrogen-bond donors (Lipinski definition) is 0. The van der Waals surface area contributed by atoms with Gasteiger partial charge < -0.3 is 0 Å². The lowest BCUT2D eigenvalue weighted by molar-refractivity contribution is -0.129. The summed E-state index contributed by atoms with van der Waals surface area (Å²) in [4.78, 5) is 13.9. The summed E-state index contributed by atoms with van der Waals surface area (Å²) in [5, 5.41) is 0. The molecule has 1 aliphatic heterocycles. The normalized spacial score (nSPS) is 23.5. The number of Topliss-reactive ketones (excluding diaryl/α,β-unsaturated/α-hetero) is 1. The standard InChI is InChI=1S/C12H23NO/c1-10(14)12(5)6-8-13(9-7-12)11(2,3)4/h6-9H2,1-5H3. The lowest BCUT2D eigenvalue weighted by Crippen LogP contribution is -2.49. The molecule has 14 heavy (non-hydrogen) atoms. The Morgan fingerprint density at radius 1 is 1.21 bits per heavy atom. The molecule has 1 fully saturated rings. The molecule has 0 radical (unpaired) electrons. The Labute approximate surface area is 87.7 Å². The van der Waals surface area contributed by atoms with Gasteiger partial charge in [0.25, 0.3) is 0 Å². The lowest BCUT2D eigenvalue weighted by Gasteiger charge is -2.44. The van der Waals surface area contributed by atoms with Crippen LogP contribution < -0.4 is 0 Å². The first-order valence-corrected chi connectivity index (χ1v) is 5.52. The predicted molar refractivity (Wildman–Crippen MR) is 59.3 cm³/mol. The number of hydrogen-bond acceptors (Lipinski definition) is 2. The zero-order valence-electron chi connectivity index (χ0n) is 10.2. The molecule has 0 aliphatic carbocycles. The van der Waals surface area contributed by atoms with Crippen LogP contribution in [0.15, 0.2) is 0 Å². The first-order valence-electron chi connectivity index (χ1n) is 5.52. The molecule has 0 atom stereocenters. The largest absolute Gasteiger partial charge is 0.299 e. The van der Waals surface area contributed by atoms with Crippen LogP contribution in [0.4, 0.5) is 0 Å². The third-order valence-electron chi connectivity index (χ3n) is 3.67. The van der Waals surface area contributed by atoms with E-state index >= 15 is 0 Å². The van der Waals surface area contributed by atoms with Crippen molar-refractivity contribution in [3.63, 3.8) is 0 Å². The third-order valence-corrected chi connectivity index (χ3v) is 3.67. The number of piperidine rings is 1. The van der Waals surface area contributed by atoms with Crippen LogP contribution in [0.3, 0.4) is 0 Å². The van der Waals surface area contributed by atoms with Gasteiger partial charge in [0.05, 0.1) is 0 Å². The fourth-order valence-corrected chi connectivity index (χ4v) is 2.02. The molecule has 0 unspecified atom stereocenters. The Morgan fingerprint density at radius 2 is 1.64 bits per heavy atom. The number of ketones is 1. The first kappa shape index (κ1) is 11.7. The van der Waals surface area contributed by atoms with E-state index in [1.807, 2.05) is 0 Å². The Hall–Kier alpha value is -0.370. The number of carbonyl (C=O) groups is 1. The lowest BCUT2D eigenvalue weighted by atomic mass is 9.76. The zero-order chi connectivity index (χ0) is 11.0. The molecular formula is C12H23NO. The highest BCUT2D eigenvalue weighted by molar-refractivity contribution is 5.82. The van der Waals surface area contributed by atoms with Crippen molar-refractivity contribution in [3.05, 3.63) is 0 Å². The van der Waals surface area contributed by atoms with Crippen molar-refractivity contribution in [2.24, 2.45) is 5.41 Å². The van der Waals surface area contributed by atoms with Crippen LogP contribution in [-0.4, -0.2) is 29.3 Å². The molecule has 0 spiro atoms. The SMILES string of the molecule is CC(=O)C1(C)CCN(C(C)(C)C)CC1. The van der Waals surface area contributed by atoms with Crippen LogP contribution in [-0.2, 0) is 4.79 Å². The minimum absolute atomic E-state index is 0.0538. The average Bonchev–Trinajstić information content (AvgIpc) is 2.03. The second-order valence-corrected chi connectivity index (χ2v) is 5.77. The first-order chi connectivity index (χ1) is 6.26. The van der Waals surface area contributed by atoms with E-state index in [2.05, 4.69) is 32.6 Å². The molecule has 0 bridgehead atoms. The molecule has 2 nitrogen and oxygen atoms in total. The summed E-state index contributed by atoms with van der Waals surface area (Å²) >= 11 is 0. The summed E-state index contributed by atoms with van der Waals surface area (Å²) in [5.74, 6) is 0.353. The van der Waals surface area contributed by atoms with Gasteiger partial charge in [-0.2, -0.15) is 0 Å². The van der Waals surface area contributed by atoms with Crippen LogP contribution in [0.25, 0.3) is 0 Å². The molecule has 1 rings (SSSR count). The molecule has 1 aliphatic rings. The highest BCUT2D eigenvalue weighted by Gasteiger charge is 2.36. The van der Waals surface area contributed by atoms with Crippen molar-refractivity contribution < 1.29 is 4.79 Å². The molecule has 1 heterocycles. The van der Waals surface area contributed by atoms with Gasteiger partial charge >= 0.3 is 0 Å². The quantitative estimate of drug-likeness (QED) is 0.643. The van der Waals surface area contributed by atoms with E-state index < -0.39 is 0 Å². The van der Waals surface area contributed by atoms with Crippen molar-refractivity contribution >= 4 is 5.78 Å². The third kappa shape index (κ3) is 2.35. The van der Waals surface area contributed by atoms with E-state index in [1.54, 1.807) is 6.92 Å². The van der Waals surface area contributed by atoms with Crippen LogP contribution >= 0.6 is 0 Å². The van der Waals surface area contributed by atoms with Crippen LogP contribution in [0.1, 0.15) is 47.5 Å². The predicted octanol–water partition coefficient (Wildman–Crippen LogP) is 2.48. The molecule has 0 saturated carbocycles. The number of likely N-dealkylation sites (tertiary alicyclic amines) is 1. The van der Waals surface area contributed by atoms with Crippen molar-refractivity contribution in [3.8, 4) is 0 Å². The Balaban J connectivity index is 2.59. The number of rotatable bonds is 1. The van der Waals surface area contributed by atoms with Crippen LogP contribution in [0.5, 0.6) is 0 Å². The second-order valence-electron chi connectivity index (χ2n) is 5.77. The van der Waals surface area contributed by atoms with Gasteiger partial charge in [-0.1, -0.05) is 6.92 Å². The van der Waals surface area contributed by atoms with Gasteiger partial charge in [-0.05, 0) is 53.6 Å². The highest BCUT2D eigenvalue weighted by Crippen LogP contribution is 2.34. The van der Waals surface area contributed by atoms with Gasteiger partial charge in [0, 0.05) is 11.0 Å². The molecule has 1 saturated heterocycles. The summed E-state index contributed by atoms with van der Waals surface area (Å²) in [7, 11) is 0. The van der Waals surface area contributed by atoms with Gasteiger partial charge in [0.1, 0.15) is 5.78 Å². The van der Waals surface area contributed by atoms with E-state index in [-0.39, 0.29) is 11.0 Å². The molecule has 2 heteroatoms. The van der Waals surface area contributed by atoms with Gasteiger partial charge in [-0.25, -0.2) is 0 Å². The monoisotopic (exact) mass is 197 g/mol. The maximum absolute atomic E-state index is 11.5. The number of carbonyl (C=O) groups excluding carboxylic acids is 1. The summed E-state index contributed by atoms with van der Waals surface area (Å²) < 4.78 is 0. The maximum Gasteiger partial charge on any atom is 0.135 e. The molecular weight excluding hydrogens is 174 g/mol. The summed E-state index contributed by atoms with van der Waals surface area (Å²) in [5.41, 5.74) is 0.194. The Bertz CT molecular complexity index is 219. The van der Waals surface area contributed by atoms with Crippen molar-refractivity contribution in [2.75, 3.05) is 13.1 Å². The summed E-state index contributed by atoms with van der Waals surface area (Å²) in [6.45, 7) is 12.7. The van der Waals surface area contributed by atoms with Gasteiger partial charge in [-0.15, -0.1) is 0 Å². The van der Waals surface area contributed by atoms with Gasteiger partial charge in [-0.3, -0.25) is 9.69 Å². The van der Waals surface area contributed by atoms with E-state index in [1.165, 1.54) is 0 Å². The Morgan fingerprint density at radius 3 is 1.93 bits per heavy atom. The topological polar surface area (TPSA) is 20.3 Å². The number of nitrogens with zero attached hydrogens (tertiary/aromatic N) is 1. The fraction of sp³-hybridized carbons (Fsp3) is 0.917. The van der Waals surface area contributed by atoms with E-state index in [0.717, 1.165) is 25.9 Å². The summed E-state index contributed by atoms with van der Waals surface area (Å²) in [6, 6.07) is 0. The molecule has 0 N–H and O–H groups in total. The molecule has 0 aromatic carbocycles. The average molecular weight is 197 g/mol. The minimum atomic E-state index is -0.0538. The van der Waals surface area contributed by atoms with Crippen molar-refractivity contribution in [1.82, 2.24) is 4.90 Å².